The molecule has 0 saturated heterocycles. The van der Waals surface area contributed by atoms with E-state index in [1.807, 2.05) is 38.1 Å². The largest absolute Gasteiger partial charge is 0.368 e. The van der Waals surface area contributed by atoms with Crippen molar-refractivity contribution in [3.8, 4) is 0 Å². The maximum Gasteiger partial charge on any atom is 0.216 e. The van der Waals surface area contributed by atoms with Crippen molar-refractivity contribution in [2.24, 2.45) is 0 Å². The molecule has 1 aromatic carbocycles. The van der Waals surface area contributed by atoms with E-state index in [0.717, 1.165) is 29.9 Å². The van der Waals surface area contributed by atoms with Gasteiger partial charge in [-0.05, 0) is 31.9 Å². The van der Waals surface area contributed by atoms with Crippen molar-refractivity contribution >= 4 is 23.5 Å². The van der Waals surface area contributed by atoms with Gasteiger partial charge in [-0.25, -0.2) is 5.10 Å². The molecule has 0 saturated carbocycles. The Bertz CT molecular complexity index is 869. The quantitative estimate of drug-likeness (QED) is 0.502. The van der Waals surface area contributed by atoms with Crippen LogP contribution in [0.25, 0.3) is 0 Å². The number of nitrogens with zero attached hydrogens (tertiary/aromatic N) is 3. The summed E-state index contributed by atoms with van der Waals surface area (Å²) in [5.41, 5.74) is 9.66. The van der Waals surface area contributed by atoms with Crippen LogP contribution in [0.5, 0.6) is 0 Å². The summed E-state index contributed by atoms with van der Waals surface area (Å²) in [6.07, 6.45) is 0.941. The zero-order valence-electron chi connectivity index (χ0n) is 14.3. The number of hydrogen-bond acceptors (Lipinski definition) is 5. The number of Topliss-reactive ketones (excluding diaryl/α,β-unsaturated/α-hetero) is 1. The van der Waals surface area contributed by atoms with Gasteiger partial charge in [0.15, 0.2) is 5.78 Å². The van der Waals surface area contributed by atoms with E-state index in [2.05, 4.69) is 31.9 Å². The summed E-state index contributed by atoms with van der Waals surface area (Å²) in [6, 6.07) is 12.3. The number of nitrogens with one attached hydrogen (secondary N) is 1. The van der Waals surface area contributed by atoms with Gasteiger partial charge in [0.2, 0.25) is 11.1 Å². The number of nitrogens with two attached hydrogens (primary N) is 1. The average molecular weight is 355 g/mol. The molecule has 0 bridgehead atoms. The van der Waals surface area contributed by atoms with E-state index in [9.17, 15) is 4.79 Å². The molecule has 0 amide bonds. The van der Waals surface area contributed by atoms with Crippen molar-refractivity contribution < 1.29 is 4.79 Å². The molecule has 7 heteroatoms. The fourth-order valence-corrected chi connectivity index (χ4v) is 3.53. The van der Waals surface area contributed by atoms with Gasteiger partial charge in [0, 0.05) is 23.5 Å². The Balaban J connectivity index is 1.67. The highest BCUT2D eigenvalue weighted by molar-refractivity contribution is 7.99. The lowest BCUT2D eigenvalue weighted by atomic mass is 10.1. The number of thioether (sulfide) groups is 1. The van der Waals surface area contributed by atoms with Gasteiger partial charge in [-0.3, -0.25) is 4.79 Å². The molecular formula is C18H21N5OS. The zero-order valence-corrected chi connectivity index (χ0v) is 15.1. The highest BCUT2D eigenvalue weighted by Gasteiger charge is 2.16. The van der Waals surface area contributed by atoms with Crippen LogP contribution in [-0.4, -0.2) is 31.3 Å². The molecule has 25 heavy (non-hydrogen) atoms. The molecule has 0 radical (unpaired) electrons. The van der Waals surface area contributed by atoms with Crippen molar-refractivity contribution in [2.75, 3.05) is 11.5 Å². The molecule has 0 aliphatic heterocycles. The number of ketones is 1. The van der Waals surface area contributed by atoms with Gasteiger partial charge in [0.25, 0.3) is 0 Å². The zero-order chi connectivity index (χ0) is 17.8. The van der Waals surface area contributed by atoms with E-state index in [-0.39, 0.29) is 11.7 Å². The first-order chi connectivity index (χ1) is 12.0. The van der Waals surface area contributed by atoms with Crippen molar-refractivity contribution in [1.29, 1.82) is 0 Å². The second kappa shape index (κ2) is 7.57. The first-order valence-electron chi connectivity index (χ1n) is 8.09. The first-order valence-corrected chi connectivity index (χ1v) is 9.07. The van der Waals surface area contributed by atoms with E-state index >= 15 is 0 Å². The van der Waals surface area contributed by atoms with Crippen molar-refractivity contribution in [3.63, 3.8) is 0 Å². The molecule has 0 aliphatic rings. The summed E-state index contributed by atoms with van der Waals surface area (Å²) in [5, 5.41) is 6.99. The highest BCUT2D eigenvalue weighted by atomic mass is 32.2. The minimum absolute atomic E-state index is 0.0763. The van der Waals surface area contributed by atoms with Crippen LogP contribution in [-0.2, 0) is 13.0 Å². The molecule has 0 spiro atoms. The third kappa shape index (κ3) is 4.11. The maximum absolute atomic E-state index is 12.6. The van der Waals surface area contributed by atoms with Gasteiger partial charge in [0.1, 0.15) is 0 Å². The number of anilines is 1. The predicted octanol–water partition coefficient (Wildman–Crippen LogP) is 3.02. The third-order valence-electron chi connectivity index (χ3n) is 4.16. The molecule has 130 valence electrons. The number of H-pyrrole nitrogens is 1. The highest BCUT2D eigenvalue weighted by Crippen LogP contribution is 2.20. The van der Waals surface area contributed by atoms with Gasteiger partial charge >= 0.3 is 0 Å². The van der Waals surface area contributed by atoms with Crippen LogP contribution in [0.15, 0.2) is 41.6 Å². The van der Waals surface area contributed by atoms with Gasteiger partial charge in [-0.15, -0.1) is 5.10 Å². The number of aromatic amines is 1. The number of benzene rings is 1. The normalized spacial score (nSPS) is 11.0. The summed E-state index contributed by atoms with van der Waals surface area (Å²) < 4.78 is 2.20. The lowest BCUT2D eigenvalue weighted by molar-refractivity contribution is 0.102. The summed E-state index contributed by atoms with van der Waals surface area (Å²) in [6.45, 7) is 4.90. The van der Waals surface area contributed by atoms with Crippen molar-refractivity contribution in [1.82, 2.24) is 19.7 Å². The second-order valence-electron chi connectivity index (χ2n) is 5.89. The third-order valence-corrected chi connectivity index (χ3v) is 5.00. The molecule has 2 aromatic heterocycles. The molecule has 0 atom stereocenters. The molecule has 0 fully saturated rings. The van der Waals surface area contributed by atoms with Gasteiger partial charge < -0.3 is 10.3 Å². The fraction of sp³-hybridized carbons (Fsp3) is 0.278. The van der Waals surface area contributed by atoms with Crippen LogP contribution >= 0.6 is 11.8 Å². The monoisotopic (exact) mass is 355 g/mol. The number of aromatic nitrogens is 4. The lowest BCUT2D eigenvalue weighted by Crippen LogP contribution is -2.08. The molecule has 3 aromatic rings. The molecule has 3 rings (SSSR count). The number of aryl methyl sites for hydroxylation is 2. The van der Waals surface area contributed by atoms with Crippen LogP contribution in [0.3, 0.4) is 0 Å². The van der Waals surface area contributed by atoms with Crippen LogP contribution in [0.2, 0.25) is 0 Å². The Morgan fingerprint density at radius 1 is 1.28 bits per heavy atom. The second-order valence-corrected chi connectivity index (χ2v) is 6.83. The smallest absolute Gasteiger partial charge is 0.216 e. The minimum Gasteiger partial charge on any atom is -0.368 e. The standard InChI is InChI=1S/C18H21N5OS/c1-12-10-15(16(24)11-25-18-20-17(19)21-22-18)13(2)23(12)9-8-14-6-4-3-5-7-14/h3-7,10H,8-9,11H2,1-2H3,(H3,19,20,21,22). The SMILES string of the molecule is Cc1cc(C(=O)CSc2n[nH]c(N)n2)c(C)n1CCc1ccccc1. The Kier molecular flexibility index (Phi) is 5.23. The number of rotatable bonds is 7. The summed E-state index contributed by atoms with van der Waals surface area (Å²) in [5.74, 6) is 0.627. The summed E-state index contributed by atoms with van der Waals surface area (Å²) >= 11 is 1.29. The lowest BCUT2D eigenvalue weighted by Gasteiger charge is -2.10. The average Bonchev–Trinajstić information content (AvgIpc) is 3.15. The van der Waals surface area contributed by atoms with Gasteiger partial charge in [-0.1, -0.05) is 42.1 Å². The predicted molar refractivity (Wildman–Crippen MR) is 99.9 cm³/mol. The van der Waals surface area contributed by atoms with Crippen molar-refractivity contribution in [3.05, 3.63) is 58.9 Å². The van der Waals surface area contributed by atoms with Crippen LogP contribution in [0.4, 0.5) is 5.95 Å². The number of hydrogen-bond donors (Lipinski definition) is 2. The van der Waals surface area contributed by atoms with E-state index in [0.29, 0.717) is 10.9 Å². The molecule has 6 nitrogen and oxygen atoms in total. The topological polar surface area (TPSA) is 89.6 Å². The maximum atomic E-state index is 12.6. The van der Waals surface area contributed by atoms with Crippen LogP contribution < -0.4 is 5.73 Å². The van der Waals surface area contributed by atoms with Crippen molar-refractivity contribution in [2.45, 2.75) is 32.0 Å². The molecular weight excluding hydrogens is 334 g/mol. The molecule has 0 unspecified atom stereocenters. The molecule has 0 aliphatic carbocycles. The first kappa shape index (κ1) is 17.3. The van der Waals surface area contributed by atoms with E-state index in [4.69, 9.17) is 5.73 Å². The van der Waals surface area contributed by atoms with E-state index in [1.165, 1.54) is 17.3 Å². The summed E-state index contributed by atoms with van der Waals surface area (Å²) in [7, 11) is 0. The van der Waals surface area contributed by atoms with E-state index in [1.54, 1.807) is 0 Å². The Labute approximate surface area is 150 Å². The van der Waals surface area contributed by atoms with Gasteiger partial charge in [0.05, 0.1) is 5.75 Å². The minimum atomic E-state index is 0.0763. The number of nitrogen functional groups attached to an aromatic ring is 1. The number of carbonyl (C=O) groups is 1. The van der Waals surface area contributed by atoms with E-state index < -0.39 is 0 Å². The summed E-state index contributed by atoms with van der Waals surface area (Å²) in [4.78, 5) is 16.6. The molecule has 2 heterocycles. The Hall–Kier alpha value is -2.54. The molecule has 3 N–H and O–H groups in total. The Morgan fingerprint density at radius 3 is 2.72 bits per heavy atom. The Morgan fingerprint density at radius 2 is 2.04 bits per heavy atom. The fourth-order valence-electron chi connectivity index (χ4n) is 2.84. The number of carbonyl (C=O) groups excluding carboxylic acids is 1. The van der Waals surface area contributed by atoms with Gasteiger partial charge in [-0.2, -0.15) is 4.98 Å². The van der Waals surface area contributed by atoms with Crippen LogP contribution in [0, 0.1) is 13.8 Å². The van der Waals surface area contributed by atoms with Crippen LogP contribution in [0.1, 0.15) is 27.3 Å².